The molecule has 1 N–H and O–H groups in total. The molecule has 174 valence electrons. The van der Waals surface area contributed by atoms with E-state index < -0.39 is 15.7 Å². The molecule has 0 spiro atoms. The summed E-state index contributed by atoms with van der Waals surface area (Å²) in [6.45, 7) is 0.919. The van der Waals surface area contributed by atoms with Crippen molar-refractivity contribution >= 4 is 26.7 Å². The van der Waals surface area contributed by atoms with Crippen LogP contribution in [0.2, 0.25) is 0 Å². The molecule has 12 heteroatoms. The minimum atomic E-state index is -3.56. The number of aromatic nitrogens is 6. The SMILES string of the molecule is CS(=O)(=O)c1ccc(F)c(N2CC[C@H]([C@H](CC#N)n3cc(-c4ncnc5[nH]ccc45)cn3)C2)n1. The Hall–Kier alpha value is -3.85. The number of nitrogens with one attached hydrogen (secondary N) is 1. The molecule has 34 heavy (non-hydrogen) atoms. The summed E-state index contributed by atoms with van der Waals surface area (Å²) in [4.78, 5) is 17.5. The molecule has 5 heterocycles. The number of H-pyrrole nitrogens is 1. The van der Waals surface area contributed by atoms with E-state index in [0.29, 0.717) is 19.5 Å². The molecule has 1 saturated heterocycles. The number of anilines is 1. The number of nitriles is 1. The van der Waals surface area contributed by atoms with E-state index in [1.807, 2.05) is 12.3 Å². The van der Waals surface area contributed by atoms with Gasteiger partial charge in [-0.3, -0.25) is 4.68 Å². The predicted octanol–water partition coefficient (Wildman–Crippen LogP) is 2.74. The second-order valence-electron chi connectivity index (χ2n) is 8.32. The normalized spacial score (nSPS) is 17.2. The molecular weight excluding hydrogens is 459 g/mol. The number of nitrogens with zero attached hydrogens (tertiary/aromatic N) is 7. The molecule has 1 fully saturated rings. The quantitative estimate of drug-likeness (QED) is 0.445. The maximum atomic E-state index is 14.5. The van der Waals surface area contributed by atoms with Crippen LogP contribution < -0.4 is 4.90 Å². The van der Waals surface area contributed by atoms with Crippen molar-refractivity contribution in [3.8, 4) is 17.3 Å². The van der Waals surface area contributed by atoms with Crippen LogP contribution in [0.25, 0.3) is 22.3 Å². The Labute approximate surface area is 195 Å². The second-order valence-corrected chi connectivity index (χ2v) is 10.3. The summed E-state index contributed by atoms with van der Waals surface area (Å²) < 4.78 is 40.0. The van der Waals surface area contributed by atoms with Gasteiger partial charge in [0.25, 0.3) is 0 Å². The Balaban J connectivity index is 1.42. The first kappa shape index (κ1) is 22.0. The molecule has 0 amide bonds. The first-order valence-corrected chi connectivity index (χ1v) is 12.6. The number of pyridine rings is 1. The molecule has 0 unspecified atom stereocenters. The molecule has 0 radical (unpaired) electrons. The third-order valence-electron chi connectivity index (χ3n) is 6.12. The lowest BCUT2D eigenvalue weighted by atomic mass is 9.96. The second kappa shape index (κ2) is 8.49. The van der Waals surface area contributed by atoms with E-state index in [2.05, 4.69) is 31.1 Å². The van der Waals surface area contributed by atoms with E-state index >= 15 is 0 Å². The Kier molecular flexibility index (Phi) is 5.49. The third kappa shape index (κ3) is 3.99. The van der Waals surface area contributed by atoms with Crippen molar-refractivity contribution in [1.82, 2.24) is 29.7 Å². The average molecular weight is 481 g/mol. The van der Waals surface area contributed by atoms with Crippen LogP contribution in [-0.4, -0.2) is 57.5 Å². The summed E-state index contributed by atoms with van der Waals surface area (Å²) in [5, 5.41) is 14.7. The van der Waals surface area contributed by atoms with E-state index in [0.717, 1.165) is 34.6 Å². The van der Waals surface area contributed by atoms with Crippen molar-refractivity contribution < 1.29 is 12.8 Å². The summed E-state index contributed by atoms with van der Waals surface area (Å²) in [5.74, 6) is -0.572. The van der Waals surface area contributed by atoms with Crippen molar-refractivity contribution in [2.45, 2.75) is 23.9 Å². The molecule has 0 aromatic carbocycles. The summed E-state index contributed by atoms with van der Waals surface area (Å²) in [5.41, 5.74) is 2.27. The zero-order valence-corrected chi connectivity index (χ0v) is 19.1. The smallest absolute Gasteiger partial charge is 0.192 e. The third-order valence-corrected chi connectivity index (χ3v) is 7.11. The predicted molar refractivity (Wildman–Crippen MR) is 122 cm³/mol. The van der Waals surface area contributed by atoms with Crippen molar-refractivity contribution in [2.75, 3.05) is 24.2 Å². The van der Waals surface area contributed by atoms with E-state index in [1.54, 1.807) is 22.0 Å². The average Bonchev–Trinajstić information content (AvgIpc) is 3.57. The summed E-state index contributed by atoms with van der Waals surface area (Å²) in [7, 11) is -3.56. The highest BCUT2D eigenvalue weighted by Gasteiger charge is 2.33. The zero-order valence-electron chi connectivity index (χ0n) is 18.3. The van der Waals surface area contributed by atoms with E-state index in [1.165, 1.54) is 12.4 Å². The molecule has 10 nitrogen and oxygen atoms in total. The number of hydrogen-bond donors (Lipinski definition) is 1. The number of halogens is 1. The first-order valence-electron chi connectivity index (χ1n) is 10.7. The van der Waals surface area contributed by atoms with Crippen molar-refractivity contribution in [3.05, 3.63) is 48.9 Å². The van der Waals surface area contributed by atoms with Crippen LogP contribution in [0.4, 0.5) is 10.2 Å². The van der Waals surface area contributed by atoms with Gasteiger partial charge in [0.1, 0.15) is 12.0 Å². The van der Waals surface area contributed by atoms with Gasteiger partial charge in [0.05, 0.1) is 30.4 Å². The highest BCUT2D eigenvalue weighted by Crippen LogP contribution is 2.34. The molecule has 1 aliphatic rings. The lowest BCUT2D eigenvalue weighted by Gasteiger charge is -2.23. The highest BCUT2D eigenvalue weighted by molar-refractivity contribution is 7.90. The minimum Gasteiger partial charge on any atom is -0.354 e. The van der Waals surface area contributed by atoms with Crippen LogP contribution in [0, 0.1) is 23.1 Å². The Morgan fingerprint density at radius 2 is 2.18 bits per heavy atom. The molecule has 5 rings (SSSR count). The van der Waals surface area contributed by atoms with Gasteiger partial charge in [0.15, 0.2) is 26.5 Å². The van der Waals surface area contributed by atoms with Crippen LogP contribution in [0.1, 0.15) is 18.9 Å². The van der Waals surface area contributed by atoms with Crippen molar-refractivity contribution in [2.24, 2.45) is 5.92 Å². The van der Waals surface area contributed by atoms with Crippen LogP contribution in [-0.2, 0) is 9.84 Å². The highest BCUT2D eigenvalue weighted by atomic mass is 32.2. The zero-order chi connectivity index (χ0) is 23.9. The Bertz CT molecular complexity index is 1510. The van der Waals surface area contributed by atoms with E-state index in [9.17, 15) is 18.1 Å². The lowest BCUT2D eigenvalue weighted by Crippen LogP contribution is -2.26. The first-order chi connectivity index (χ1) is 16.3. The van der Waals surface area contributed by atoms with Gasteiger partial charge in [-0.2, -0.15) is 10.4 Å². The number of rotatable bonds is 6. The van der Waals surface area contributed by atoms with Gasteiger partial charge >= 0.3 is 0 Å². The molecule has 2 atom stereocenters. The number of hydrogen-bond acceptors (Lipinski definition) is 8. The van der Waals surface area contributed by atoms with Crippen molar-refractivity contribution in [3.63, 3.8) is 0 Å². The Morgan fingerprint density at radius 3 is 2.97 bits per heavy atom. The fraction of sp³-hybridized carbons (Fsp3) is 0.318. The minimum absolute atomic E-state index is 0.00633. The molecule has 1 aliphatic heterocycles. The van der Waals surface area contributed by atoms with E-state index in [-0.39, 0.29) is 29.2 Å². The monoisotopic (exact) mass is 480 g/mol. The number of sulfone groups is 1. The largest absolute Gasteiger partial charge is 0.354 e. The lowest BCUT2D eigenvalue weighted by molar-refractivity contribution is 0.331. The van der Waals surface area contributed by atoms with Gasteiger partial charge in [-0.25, -0.2) is 27.8 Å². The van der Waals surface area contributed by atoms with Gasteiger partial charge in [-0.15, -0.1) is 0 Å². The van der Waals surface area contributed by atoms with Gasteiger partial charge in [-0.1, -0.05) is 0 Å². The van der Waals surface area contributed by atoms with Gasteiger partial charge < -0.3 is 9.88 Å². The molecule has 0 bridgehead atoms. The van der Waals surface area contributed by atoms with Crippen LogP contribution in [0.5, 0.6) is 0 Å². The fourth-order valence-corrected chi connectivity index (χ4v) is 5.02. The summed E-state index contributed by atoms with van der Waals surface area (Å²) >= 11 is 0. The maximum Gasteiger partial charge on any atom is 0.192 e. The Morgan fingerprint density at radius 1 is 1.32 bits per heavy atom. The van der Waals surface area contributed by atoms with Crippen molar-refractivity contribution in [1.29, 1.82) is 5.26 Å². The standard InChI is InChI=1S/C22H21FN8O2S/c1-34(32,33)19-3-2-17(23)22(29-19)30-9-6-14(11-30)18(4-7-24)31-12-15(10-28-31)20-16-5-8-25-21(16)27-13-26-20/h2-3,5,8,10,12-14,18H,4,6,9,11H2,1H3,(H,25,26,27)/t14-,18-/m0/s1. The van der Waals surface area contributed by atoms with Crippen LogP contribution in [0.15, 0.2) is 48.1 Å². The molecule has 4 aromatic rings. The maximum absolute atomic E-state index is 14.5. The van der Waals surface area contributed by atoms with Crippen LogP contribution in [0.3, 0.4) is 0 Å². The number of aromatic amines is 1. The molecule has 0 aliphatic carbocycles. The molecular formula is C22H21FN8O2S. The summed E-state index contributed by atoms with van der Waals surface area (Å²) in [6, 6.07) is 6.18. The fourth-order valence-electron chi connectivity index (χ4n) is 4.45. The molecule has 0 saturated carbocycles. The number of fused-ring (bicyclic) bond motifs is 1. The van der Waals surface area contributed by atoms with E-state index in [4.69, 9.17) is 0 Å². The molecule has 4 aromatic heterocycles. The van der Waals surface area contributed by atoms with Crippen LogP contribution >= 0.6 is 0 Å². The van der Waals surface area contributed by atoms with Gasteiger partial charge in [0, 0.05) is 48.6 Å². The topological polar surface area (TPSA) is 133 Å². The summed E-state index contributed by atoms with van der Waals surface area (Å²) in [6.07, 6.45) is 8.81. The van der Waals surface area contributed by atoms with Gasteiger partial charge in [-0.05, 0) is 24.6 Å². The van der Waals surface area contributed by atoms with Gasteiger partial charge in [0.2, 0.25) is 0 Å².